The van der Waals surface area contributed by atoms with Crippen molar-refractivity contribution >= 4 is 5.82 Å². The van der Waals surface area contributed by atoms with Crippen LogP contribution in [0.1, 0.15) is 26.0 Å². The number of aromatic nitrogens is 2. The zero-order chi connectivity index (χ0) is 14.5. The first-order chi connectivity index (χ1) is 8.78. The Hall–Kier alpha value is -1.37. The van der Waals surface area contributed by atoms with Crippen molar-refractivity contribution in [1.82, 2.24) is 15.5 Å². The summed E-state index contributed by atoms with van der Waals surface area (Å²) in [6.45, 7) is 4.51. The zero-order valence-corrected chi connectivity index (χ0v) is 11.3. The number of halogens is 3. The molecule has 4 nitrogen and oxygen atoms in total. The standard InChI is InChI=1S/C12H19F3N4/c1-9(2)16-8-10-4-5-11(18-17-10)19(3)7-6-12(13,14)15/h4-5,9,16H,6-8H2,1-3H3. The van der Waals surface area contributed by atoms with E-state index < -0.39 is 12.6 Å². The van der Waals surface area contributed by atoms with Crippen LogP contribution in [0.5, 0.6) is 0 Å². The van der Waals surface area contributed by atoms with Crippen LogP contribution in [0.25, 0.3) is 0 Å². The molecule has 0 spiro atoms. The molecule has 0 atom stereocenters. The number of hydrogen-bond acceptors (Lipinski definition) is 4. The molecule has 0 aliphatic rings. The van der Waals surface area contributed by atoms with Gasteiger partial charge in [-0.3, -0.25) is 0 Å². The summed E-state index contributed by atoms with van der Waals surface area (Å²) in [4.78, 5) is 1.44. The molecule has 0 aliphatic heterocycles. The van der Waals surface area contributed by atoms with Crippen molar-refractivity contribution in [3.8, 4) is 0 Å². The first-order valence-corrected chi connectivity index (χ1v) is 6.12. The molecule has 1 rings (SSSR count). The summed E-state index contributed by atoms with van der Waals surface area (Å²) in [5, 5.41) is 11.1. The van der Waals surface area contributed by atoms with Crippen LogP contribution in [0.2, 0.25) is 0 Å². The summed E-state index contributed by atoms with van der Waals surface area (Å²) in [7, 11) is 1.57. The van der Waals surface area contributed by atoms with E-state index in [2.05, 4.69) is 15.5 Å². The van der Waals surface area contributed by atoms with Crippen molar-refractivity contribution in [2.75, 3.05) is 18.5 Å². The van der Waals surface area contributed by atoms with Crippen LogP contribution in [0, 0.1) is 0 Å². The fourth-order valence-corrected chi connectivity index (χ4v) is 1.37. The van der Waals surface area contributed by atoms with Gasteiger partial charge < -0.3 is 10.2 Å². The molecule has 1 aromatic heterocycles. The molecule has 0 aromatic carbocycles. The van der Waals surface area contributed by atoms with Crippen LogP contribution in [0.3, 0.4) is 0 Å². The van der Waals surface area contributed by atoms with Crippen molar-refractivity contribution in [3.05, 3.63) is 17.8 Å². The lowest BCUT2D eigenvalue weighted by molar-refractivity contribution is -0.132. The lowest BCUT2D eigenvalue weighted by Crippen LogP contribution is -2.26. The van der Waals surface area contributed by atoms with Gasteiger partial charge in [0.05, 0.1) is 12.1 Å². The quantitative estimate of drug-likeness (QED) is 0.866. The van der Waals surface area contributed by atoms with Crippen LogP contribution < -0.4 is 10.2 Å². The van der Waals surface area contributed by atoms with Gasteiger partial charge in [0.15, 0.2) is 5.82 Å². The Morgan fingerprint density at radius 2 is 1.95 bits per heavy atom. The number of hydrogen-bond donors (Lipinski definition) is 1. The molecule has 0 bridgehead atoms. The molecule has 0 aliphatic carbocycles. The molecule has 1 heterocycles. The summed E-state index contributed by atoms with van der Waals surface area (Å²) in [6.07, 6.45) is -5.01. The van der Waals surface area contributed by atoms with Gasteiger partial charge in [-0.15, -0.1) is 5.10 Å². The number of nitrogens with zero attached hydrogens (tertiary/aromatic N) is 3. The van der Waals surface area contributed by atoms with Gasteiger partial charge in [0, 0.05) is 26.2 Å². The maximum atomic E-state index is 12.1. The molecule has 19 heavy (non-hydrogen) atoms. The van der Waals surface area contributed by atoms with E-state index in [0.29, 0.717) is 18.4 Å². The summed E-state index contributed by atoms with van der Waals surface area (Å²) < 4.78 is 36.3. The summed E-state index contributed by atoms with van der Waals surface area (Å²) in [6, 6.07) is 3.79. The molecular weight excluding hydrogens is 257 g/mol. The summed E-state index contributed by atoms with van der Waals surface area (Å²) in [5.74, 6) is 0.442. The van der Waals surface area contributed by atoms with E-state index in [1.165, 1.54) is 4.90 Å². The van der Waals surface area contributed by atoms with E-state index in [-0.39, 0.29) is 6.54 Å². The summed E-state index contributed by atoms with van der Waals surface area (Å²) >= 11 is 0. The van der Waals surface area contributed by atoms with Gasteiger partial charge in [-0.2, -0.15) is 18.3 Å². The van der Waals surface area contributed by atoms with Gasteiger partial charge in [-0.25, -0.2) is 0 Å². The molecule has 0 amide bonds. The fourth-order valence-electron chi connectivity index (χ4n) is 1.37. The number of nitrogens with one attached hydrogen (secondary N) is 1. The Balaban J connectivity index is 2.51. The first kappa shape index (κ1) is 15.7. The molecule has 1 aromatic rings. The van der Waals surface area contributed by atoms with Gasteiger partial charge >= 0.3 is 6.18 Å². The van der Waals surface area contributed by atoms with Crippen LogP contribution >= 0.6 is 0 Å². The number of rotatable bonds is 6. The van der Waals surface area contributed by atoms with E-state index in [1.807, 2.05) is 13.8 Å². The van der Waals surface area contributed by atoms with Crippen LogP contribution in [0.15, 0.2) is 12.1 Å². The highest BCUT2D eigenvalue weighted by Gasteiger charge is 2.27. The van der Waals surface area contributed by atoms with Crippen molar-refractivity contribution in [2.24, 2.45) is 0 Å². The number of alkyl halides is 3. The maximum absolute atomic E-state index is 12.1. The lowest BCUT2D eigenvalue weighted by Gasteiger charge is -2.18. The summed E-state index contributed by atoms with van der Waals surface area (Å²) in [5.41, 5.74) is 0.765. The molecule has 1 N–H and O–H groups in total. The lowest BCUT2D eigenvalue weighted by atomic mass is 10.3. The second kappa shape index (κ2) is 6.70. The maximum Gasteiger partial charge on any atom is 0.390 e. The average Bonchev–Trinajstić information content (AvgIpc) is 2.33. The molecule has 0 fully saturated rings. The first-order valence-electron chi connectivity index (χ1n) is 6.12. The second-order valence-corrected chi connectivity index (χ2v) is 4.71. The highest BCUT2D eigenvalue weighted by atomic mass is 19.4. The van der Waals surface area contributed by atoms with Crippen LogP contribution in [-0.4, -0.2) is 36.0 Å². The predicted molar refractivity (Wildman–Crippen MR) is 67.9 cm³/mol. The van der Waals surface area contributed by atoms with E-state index in [4.69, 9.17) is 0 Å². The molecule has 0 saturated heterocycles. The van der Waals surface area contributed by atoms with Gasteiger partial charge in [-0.05, 0) is 12.1 Å². The SMILES string of the molecule is CC(C)NCc1ccc(N(C)CCC(F)(F)F)nn1. The zero-order valence-electron chi connectivity index (χ0n) is 11.3. The smallest absolute Gasteiger partial charge is 0.358 e. The third kappa shape index (κ3) is 6.37. The molecule has 108 valence electrons. The third-order valence-electron chi connectivity index (χ3n) is 2.52. The van der Waals surface area contributed by atoms with E-state index in [0.717, 1.165) is 5.69 Å². The van der Waals surface area contributed by atoms with Crippen molar-refractivity contribution in [2.45, 2.75) is 39.0 Å². The topological polar surface area (TPSA) is 41.0 Å². The molecule has 0 unspecified atom stereocenters. The van der Waals surface area contributed by atoms with E-state index in [1.54, 1.807) is 19.2 Å². The normalized spacial score (nSPS) is 11.9. The minimum Gasteiger partial charge on any atom is -0.358 e. The minimum absolute atomic E-state index is 0.123. The largest absolute Gasteiger partial charge is 0.390 e. The molecule has 7 heteroatoms. The average molecular weight is 276 g/mol. The highest BCUT2D eigenvalue weighted by molar-refractivity contribution is 5.35. The van der Waals surface area contributed by atoms with Gasteiger partial charge in [-0.1, -0.05) is 13.8 Å². The Labute approximate surface area is 111 Å². The van der Waals surface area contributed by atoms with Gasteiger partial charge in [0.25, 0.3) is 0 Å². The van der Waals surface area contributed by atoms with Crippen molar-refractivity contribution in [3.63, 3.8) is 0 Å². The predicted octanol–water partition coefficient (Wildman–Crippen LogP) is 2.36. The van der Waals surface area contributed by atoms with Crippen molar-refractivity contribution < 1.29 is 13.2 Å². The van der Waals surface area contributed by atoms with E-state index in [9.17, 15) is 13.2 Å². The fraction of sp³-hybridized carbons (Fsp3) is 0.667. The number of anilines is 1. The monoisotopic (exact) mass is 276 g/mol. The Morgan fingerprint density at radius 3 is 2.42 bits per heavy atom. The van der Waals surface area contributed by atoms with Crippen LogP contribution in [-0.2, 0) is 6.54 Å². The molecule has 0 saturated carbocycles. The Bertz CT molecular complexity index is 376. The third-order valence-corrected chi connectivity index (χ3v) is 2.52. The van der Waals surface area contributed by atoms with E-state index >= 15 is 0 Å². The highest BCUT2D eigenvalue weighted by Crippen LogP contribution is 2.20. The Kier molecular flexibility index (Phi) is 5.53. The molecular formula is C12H19F3N4. The van der Waals surface area contributed by atoms with Crippen LogP contribution in [0.4, 0.5) is 19.0 Å². The van der Waals surface area contributed by atoms with Gasteiger partial charge in [0.2, 0.25) is 0 Å². The second-order valence-electron chi connectivity index (χ2n) is 4.71. The van der Waals surface area contributed by atoms with Gasteiger partial charge in [0.1, 0.15) is 0 Å². The molecule has 0 radical (unpaired) electrons. The Morgan fingerprint density at radius 1 is 1.26 bits per heavy atom. The minimum atomic E-state index is -4.15. The van der Waals surface area contributed by atoms with Crippen molar-refractivity contribution in [1.29, 1.82) is 0 Å².